The Kier molecular flexibility index (Phi) is 5.57. The van der Waals surface area contributed by atoms with E-state index in [4.69, 9.17) is 0 Å². The highest BCUT2D eigenvalue weighted by atomic mass is 14.6. The molecule has 0 amide bonds. The highest BCUT2D eigenvalue weighted by Crippen LogP contribution is 2.18. The second-order valence-electron chi connectivity index (χ2n) is 4.79. The zero-order valence-corrected chi connectivity index (χ0v) is 12.0. The summed E-state index contributed by atoms with van der Waals surface area (Å²) >= 11 is 0. The van der Waals surface area contributed by atoms with Crippen LogP contribution < -0.4 is 0 Å². The molecule has 0 radical (unpaired) electrons. The zero-order valence-electron chi connectivity index (χ0n) is 12.0. The molecule has 0 spiro atoms. The van der Waals surface area contributed by atoms with E-state index in [1.807, 2.05) is 12.3 Å². The molecule has 0 aliphatic rings. The molecular formula is C17H23N. The van der Waals surface area contributed by atoms with Gasteiger partial charge < -0.3 is 0 Å². The molecule has 96 valence electrons. The maximum absolute atomic E-state index is 4.14. The minimum Gasteiger partial charge on any atom is -0.297 e. The summed E-state index contributed by atoms with van der Waals surface area (Å²) in [4.78, 5) is 3.96. The molecule has 1 aromatic rings. The van der Waals surface area contributed by atoms with E-state index < -0.39 is 0 Å². The number of aliphatic imine (C=N–C) groups is 1. The average molecular weight is 241 g/mol. The SMILES string of the molecule is C=C(CCc1cc(C)ccc1C)C(C)=CC=NC. The quantitative estimate of drug-likeness (QED) is 0.534. The maximum atomic E-state index is 4.14. The first-order valence-electron chi connectivity index (χ1n) is 6.38. The van der Waals surface area contributed by atoms with Crippen molar-refractivity contribution >= 4 is 6.21 Å². The smallest absolute Gasteiger partial charge is 0.0277 e. The predicted octanol–water partition coefficient (Wildman–Crippen LogP) is 4.44. The van der Waals surface area contributed by atoms with Gasteiger partial charge in [-0.1, -0.05) is 35.9 Å². The fraction of sp³-hybridized carbons (Fsp3) is 0.353. The van der Waals surface area contributed by atoms with Crippen LogP contribution in [-0.4, -0.2) is 13.3 Å². The first-order valence-corrected chi connectivity index (χ1v) is 6.38. The number of nitrogens with zero attached hydrogens (tertiary/aromatic N) is 1. The number of aryl methyl sites for hydroxylation is 3. The molecule has 0 atom stereocenters. The molecule has 0 aliphatic carbocycles. The number of hydrogen-bond donors (Lipinski definition) is 0. The highest BCUT2D eigenvalue weighted by Gasteiger charge is 2.02. The van der Waals surface area contributed by atoms with Crippen molar-refractivity contribution in [3.8, 4) is 0 Å². The number of rotatable bonds is 5. The standard InChI is InChI=1S/C17H23N/c1-13-6-7-16(4)17(12-13)9-8-14(2)15(3)10-11-18-5/h6-7,10-12H,2,8-9H2,1,3-5H3. The van der Waals surface area contributed by atoms with Crippen LogP contribution in [0.3, 0.4) is 0 Å². The minimum atomic E-state index is 1.00. The highest BCUT2D eigenvalue weighted by molar-refractivity contribution is 5.73. The van der Waals surface area contributed by atoms with Crippen LogP contribution in [0.4, 0.5) is 0 Å². The van der Waals surface area contributed by atoms with Crippen LogP contribution in [0.1, 0.15) is 30.0 Å². The first kappa shape index (κ1) is 14.4. The molecule has 1 aromatic carbocycles. The van der Waals surface area contributed by atoms with Gasteiger partial charge in [-0.2, -0.15) is 0 Å². The summed E-state index contributed by atoms with van der Waals surface area (Å²) in [6, 6.07) is 6.63. The molecule has 0 aliphatic heterocycles. The summed E-state index contributed by atoms with van der Waals surface area (Å²) in [5.41, 5.74) is 6.52. The lowest BCUT2D eigenvalue weighted by molar-refractivity contribution is 0.940. The van der Waals surface area contributed by atoms with E-state index in [1.165, 1.54) is 27.8 Å². The van der Waals surface area contributed by atoms with Gasteiger partial charge in [-0.05, 0) is 56.4 Å². The van der Waals surface area contributed by atoms with Crippen LogP contribution in [0.5, 0.6) is 0 Å². The first-order chi connectivity index (χ1) is 8.54. The molecule has 0 bridgehead atoms. The Morgan fingerprint density at radius 2 is 2.06 bits per heavy atom. The Balaban J connectivity index is 2.65. The maximum Gasteiger partial charge on any atom is 0.0277 e. The van der Waals surface area contributed by atoms with E-state index in [1.54, 1.807) is 7.05 Å². The molecule has 0 aromatic heterocycles. The van der Waals surface area contributed by atoms with Gasteiger partial charge >= 0.3 is 0 Å². The second-order valence-corrected chi connectivity index (χ2v) is 4.79. The van der Waals surface area contributed by atoms with E-state index in [-0.39, 0.29) is 0 Å². The van der Waals surface area contributed by atoms with Crippen LogP contribution in [0, 0.1) is 13.8 Å². The van der Waals surface area contributed by atoms with E-state index >= 15 is 0 Å². The van der Waals surface area contributed by atoms with Gasteiger partial charge in [0.05, 0.1) is 0 Å². The zero-order chi connectivity index (χ0) is 13.5. The van der Waals surface area contributed by atoms with Gasteiger partial charge in [0.25, 0.3) is 0 Å². The van der Waals surface area contributed by atoms with Crippen LogP contribution in [0.2, 0.25) is 0 Å². The van der Waals surface area contributed by atoms with Crippen molar-refractivity contribution in [1.29, 1.82) is 0 Å². The van der Waals surface area contributed by atoms with Crippen molar-refractivity contribution in [2.45, 2.75) is 33.6 Å². The summed E-state index contributed by atoms with van der Waals surface area (Å²) in [6.45, 7) is 10.5. The van der Waals surface area contributed by atoms with Gasteiger partial charge in [0.1, 0.15) is 0 Å². The summed E-state index contributed by atoms with van der Waals surface area (Å²) in [5, 5.41) is 0. The molecule has 1 rings (SSSR count). The van der Waals surface area contributed by atoms with Gasteiger partial charge in [-0.15, -0.1) is 0 Å². The van der Waals surface area contributed by atoms with E-state index in [9.17, 15) is 0 Å². The molecule has 1 heteroatoms. The van der Waals surface area contributed by atoms with E-state index in [2.05, 4.69) is 50.5 Å². The van der Waals surface area contributed by atoms with Crippen LogP contribution in [-0.2, 0) is 6.42 Å². The average Bonchev–Trinajstić information content (AvgIpc) is 2.36. The van der Waals surface area contributed by atoms with Crippen LogP contribution >= 0.6 is 0 Å². The Morgan fingerprint density at radius 3 is 2.72 bits per heavy atom. The molecule has 0 heterocycles. The second kappa shape index (κ2) is 6.95. The summed E-state index contributed by atoms with van der Waals surface area (Å²) in [6.07, 6.45) is 5.90. The van der Waals surface area contributed by atoms with Crippen molar-refractivity contribution in [3.63, 3.8) is 0 Å². The lowest BCUT2D eigenvalue weighted by atomic mass is 9.97. The monoisotopic (exact) mass is 241 g/mol. The summed E-state index contributed by atoms with van der Waals surface area (Å²) < 4.78 is 0. The van der Waals surface area contributed by atoms with Crippen LogP contribution in [0.25, 0.3) is 0 Å². The van der Waals surface area contributed by atoms with Crippen molar-refractivity contribution in [1.82, 2.24) is 0 Å². The Morgan fingerprint density at radius 1 is 1.33 bits per heavy atom. The van der Waals surface area contributed by atoms with Gasteiger partial charge in [0, 0.05) is 13.3 Å². The molecule has 0 fully saturated rings. The van der Waals surface area contributed by atoms with Crippen molar-refractivity contribution in [2.24, 2.45) is 4.99 Å². The summed E-state index contributed by atoms with van der Waals surface area (Å²) in [5.74, 6) is 0. The Labute approximate surface area is 111 Å². The minimum absolute atomic E-state index is 1.00. The molecular weight excluding hydrogens is 218 g/mol. The lowest BCUT2D eigenvalue weighted by Gasteiger charge is -2.09. The van der Waals surface area contributed by atoms with Crippen LogP contribution in [0.15, 0.2) is 47.0 Å². The largest absolute Gasteiger partial charge is 0.297 e. The molecule has 18 heavy (non-hydrogen) atoms. The lowest BCUT2D eigenvalue weighted by Crippen LogP contribution is -1.94. The van der Waals surface area contributed by atoms with Crippen molar-refractivity contribution < 1.29 is 0 Å². The Bertz CT molecular complexity index is 478. The summed E-state index contributed by atoms with van der Waals surface area (Å²) in [7, 11) is 1.78. The number of hydrogen-bond acceptors (Lipinski definition) is 1. The van der Waals surface area contributed by atoms with Crippen molar-refractivity contribution in [2.75, 3.05) is 7.05 Å². The van der Waals surface area contributed by atoms with Gasteiger partial charge in [0.15, 0.2) is 0 Å². The van der Waals surface area contributed by atoms with Gasteiger partial charge in [0.2, 0.25) is 0 Å². The Hall–Kier alpha value is -1.63. The van der Waals surface area contributed by atoms with Gasteiger partial charge in [-0.25, -0.2) is 0 Å². The fourth-order valence-electron chi connectivity index (χ4n) is 1.86. The molecule has 1 nitrogen and oxygen atoms in total. The van der Waals surface area contributed by atoms with Gasteiger partial charge in [-0.3, -0.25) is 4.99 Å². The molecule has 0 saturated carbocycles. The van der Waals surface area contributed by atoms with E-state index in [0.717, 1.165) is 12.8 Å². The molecule has 0 N–H and O–H groups in total. The molecule has 0 saturated heterocycles. The topological polar surface area (TPSA) is 12.4 Å². The molecule has 0 unspecified atom stereocenters. The fourth-order valence-corrected chi connectivity index (χ4v) is 1.86. The third-order valence-electron chi connectivity index (χ3n) is 3.23. The normalized spacial score (nSPS) is 12.1. The van der Waals surface area contributed by atoms with Crippen molar-refractivity contribution in [3.05, 3.63) is 58.7 Å². The number of allylic oxidation sites excluding steroid dienone is 3. The van der Waals surface area contributed by atoms with E-state index in [0.29, 0.717) is 0 Å². The third kappa shape index (κ3) is 4.33. The third-order valence-corrected chi connectivity index (χ3v) is 3.23. The predicted molar refractivity (Wildman–Crippen MR) is 81.6 cm³/mol. The number of benzene rings is 1.